The summed E-state index contributed by atoms with van der Waals surface area (Å²) in [5.41, 5.74) is 2.81. The SMILES string of the molecule is CCCCCCCCCCC1COC(c2ccc(-c3ccc(OCCCCCC)c(Cl)c3)nc2)OC1. The van der Waals surface area contributed by atoms with Crippen molar-refractivity contribution in [3.63, 3.8) is 0 Å². The number of ether oxygens (including phenoxy) is 3. The first-order valence-electron chi connectivity index (χ1n) is 14.3. The van der Waals surface area contributed by atoms with Gasteiger partial charge < -0.3 is 14.2 Å². The minimum Gasteiger partial charge on any atom is -0.492 e. The van der Waals surface area contributed by atoms with Crippen LogP contribution in [0.15, 0.2) is 36.5 Å². The minimum atomic E-state index is -0.326. The zero-order valence-corrected chi connectivity index (χ0v) is 23.2. The summed E-state index contributed by atoms with van der Waals surface area (Å²) in [5.74, 6) is 1.24. The summed E-state index contributed by atoms with van der Waals surface area (Å²) in [6.07, 6.45) is 18.3. The van der Waals surface area contributed by atoms with Crippen molar-refractivity contribution in [2.24, 2.45) is 5.92 Å². The Labute approximate surface area is 224 Å². The number of aromatic nitrogens is 1. The van der Waals surface area contributed by atoms with Crippen LogP contribution in [0.5, 0.6) is 5.75 Å². The maximum atomic E-state index is 6.47. The number of halogens is 1. The van der Waals surface area contributed by atoms with Gasteiger partial charge in [0.2, 0.25) is 0 Å². The highest BCUT2D eigenvalue weighted by molar-refractivity contribution is 6.32. The highest BCUT2D eigenvalue weighted by Gasteiger charge is 2.23. The number of nitrogens with zero attached hydrogens (tertiary/aromatic N) is 1. The molecule has 0 atom stereocenters. The van der Waals surface area contributed by atoms with Gasteiger partial charge in [0.25, 0.3) is 0 Å². The molecule has 0 spiro atoms. The Morgan fingerprint density at radius 3 is 2.14 bits per heavy atom. The van der Waals surface area contributed by atoms with Crippen LogP contribution >= 0.6 is 11.6 Å². The zero-order chi connectivity index (χ0) is 25.4. The smallest absolute Gasteiger partial charge is 0.185 e. The van der Waals surface area contributed by atoms with Crippen LogP contribution in [-0.2, 0) is 9.47 Å². The van der Waals surface area contributed by atoms with E-state index in [1.165, 1.54) is 77.0 Å². The second-order valence-electron chi connectivity index (χ2n) is 10.2. The highest BCUT2D eigenvalue weighted by atomic mass is 35.5. The lowest BCUT2D eigenvalue weighted by Gasteiger charge is -2.29. The van der Waals surface area contributed by atoms with E-state index in [0.29, 0.717) is 17.5 Å². The lowest BCUT2D eigenvalue weighted by atomic mass is 10.0. The quantitative estimate of drug-likeness (QED) is 0.197. The Morgan fingerprint density at radius 1 is 0.833 bits per heavy atom. The first kappa shape index (κ1) is 28.9. The van der Waals surface area contributed by atoms with E-state index < -0.39 is 0 Å². The molecule has 0 radical (unpaired) electrons. The third-order valence-corrected chi connectivity index (χ3v) is 7.27. The van der Waals surface area contributed by atoms with Gasteiger partial charge in [-0.25, -0.2) is 0 Å². The first-order valence-corrected chi connectivity index (χ1v) is 14.7. The molecule has 1 aromatic heterocycles. The van der Waals surface area contributed by atoms with Crippen LogP contribution in [0.2, 0.25) is 5.02 Å². The summed E-state index contributed by atoms with van der Waals surface area (Å²) in [4.78, 5) is 4.65. The van der Waals surface area contributed by atoms with Gasteiger partial charge in [0, 0.05) is 23.2 Å². The van der Waals surface area contributed by atoms with Crippen molar-refractivity contribution in [3.05, 3.63) is 47.1 Å². The van der Waals surface area contributed by atoms with E-state index in [9.17, 15) is 0 Å². The fourth-order valence-electron chi connectivity index (χ4n) is 4.67. The van der Waals surface area contributed by atoms with Gasteiger partial charge in [-0.1, -0.05) is 102 Å². The molecule has 1 aromatic carbocycles. The largest absolute Gasteiger partial charge is 0.492 e. The zero-order valence-electron chi connectivity index (χ0n) is 22.5. The molecule has 0 N–H and O–H groups in total. The average Bonchev–Trinajstić information content (AvgIpc) is 2.91. The van der Waals surface area contributed by atoms with E-state index in [4.69, 9.17) is 25.8 Å². The number of hydrogen-bond acceptors (Lipinski definition) is 4. The molecule has 3 rings (SSSR count). The van der Waals surface area contributed by atoms with Crippen LogP contribution in [0.4, 0.5) is 0 Å². The van der Waals surface area contributed by atoms with Crippen molar-refractivity contribution < 1.29 is 14.2 Å². The molecule has 1 saturated heterocycles. The van der Waals surface area contributed by atoms with Crippen LogP contribution in [0, 0.1) is 5.92 Å². The van der Waals surface area contributed by atoms with Crippen molar-refractivity contribution >= 4 is 11.6 Å². The number of hydrogen-bond donors (Lipinski definition) is 0. The average molecular weight is 516 g/mol. The van der Waals surface area contributed by atoms with Gasteiger partial charge in [-0.3, -0.25) is 4.98 Å². The molecule has 4 nitrogen and oxygen atoms in total. The maximum absolute atomic E-state index is 6.47. The molecule has 2 aromatic rings. The van der Waals surface area contributed by atoms with E-state index >= 15 is 0 Å². The predicted molar refractivity (Wildman–Crippen MR) is 150 cm³/mol. The highest BCUT2D eigenvalue weighted by Crippen LogP contribution is 2.32. The predicted octanol–water partition coefficient (Wildman–Crippen LogP) is 9.55. The van der Waals surface area contributed by atoms with Gasteiger partial charge in [-0.15, -0.1) is 0 Å². The molecular weight excluding hydrogens is 470 g/mol. The van der Waals surface area contributed by atoms with Crippen molar-refractivity contribution in [2.45, 2.75) is 104 Å². The van der Waals surface area contributed by atoms with E-state index in [-0.39, 0.29) is 6.29 Å². The molecule has 0 bridgehead atoms. The van der Waals surface area contributed by atoms with Gasteiger partial charge in [-0.05, 0) is 37.1 Å². The molecular formula is C31H46ClNO3. The molecule has 36 heavy (non-hydrogen) atoms. The lowest BCUT2D eigenvalue weighted by Crippen LogP contribution is -2.27. The molecule has 5 heteroatoms. The molecule has 1 fully saturated rings. The third kappa shape index (κ3) is 10.0. The van der Waals surface area contributed by atoms with Gasteiger partial charge in [0.15, 0.2) is 6.29 Å². The fourth-order valence-corrected chi connectivity index (χ4v) is 4.91. The van der Waals surface area contributed by atoms with E-state index in [2.05, 4.69) is 18.8 Å². The van der Waals surface area contributed by atoms with E-state index in [1.54, 1.807) is 0 Å². The summed E-state index contributed by atoms with van der Waals surface area (Å²) in [7, 11) is 0. The van der Waals surface area contributed by atoms with Crippen LogP contribution in [0.1, 0.15) is 109 Å². The minimum absolute atomic E-state index is 0.326. The summed E-state index contributed by atoms with van der Waals surface area (Å²) in [5, 5.41) is 0.621. The van der Waals surface area contributed by atoms with Gasteiger partial charge >= 0.3 is 0 Å². The number of unbranched alkanes of at least 4 members (excludes halogenated alkanes) is 10. The van der Waals surface area contributed by atoms with E-state index in [1.807, 2.05) is 36.5 Å². The van der Waals surface area contributed by atoms with Crippen molar-refractivity contribution in [3.8, 4) is 17.0 Å². The summed E-state index contributed by atoms with van der Waals surface area (Å²) < 4.78 is 17.9. The molecule has 0 unspecified atom stereocenters. The second kappa shape index (κ2) is 17.0. The van der Waals surface area contributed by atoms with Gasteiger partial charge in [0.05, 0.1) is 30.5 Å². The maximum Gasteiger partial charge on any atom is 0.185 e. The van der Waals surface area contributed by atoms with Crippen LogP contribution in [0.25, 0.3) is 11.3 Å². The van der Waals surface area contributed by atoms with Crippen LogP contribution in [-0.4, -0.2) is 24.8 Å². The monoisotopic (exact) mass is 515 g/mol. The molecule has 1 aliphatic rings. The fraction of sp³-hybridized carbons (Fsp3) is 0.645. The lowest BCUT2D eigenvalue weighted by molar-refractivity contribution is -0.206. The Bertz CT molecular complexity index is 849. The number of rotatable bonds is 17. The van der Waals surface area contributed by atoms with Crippen molar-refractivity contribution in [2.75, 3.05) is 19.8 Å². The number of benzene rings is 1. The first-order chi connectivity index (χ1) is 17.7. The van der Waals surface area contributed by atoms with Crippen LogP contribution < -0.4 is 4.74 Å². The molecule has 200 valence electrons. The molecule has 1 aliphatic heterocycles. The Balaban J connectivity index is 1.38. The Morgan fingerprint density at radius 2 is 1.50 bits per heavy atom. The van der Waals surface area contributed by atoms with Crippen molar-refractivity contribution in [1.29, 1.82) is 0 Å². The summed E-state index contributed by atoms with van der Waals surface area (Å²) in [6, 6.07) is 9.92. The molecule has 0 aliphatic carbocycles. The van der Waals surface area contributed by atoms with Gasteiger partial charge in [0.1, 0.15) is 5.75 Å². The number of pyridine rings is 1. The summed E-state index contributed by atoms with van der Waals surface area (Å²) in [6.45, 7) is 6.71. The second-order valence-corrected chi connectivity index (χ2v) is 10.6. The molecule has 0 saturated carbocycles. The topological polar surface area (TPSA) is 40.6 Å². The molecule has 0 amide bonds. The Hall–Kier alpha value is -1.62. The standard InChI is InChI=1S/C31H46ClNO3/c1-3-5-7-9-10-11-12-13-15-25-23-35-31(36-24-25)27-16-18-29(33-22-27)26-17-19-30(28(32)21-26)34-20-14-8-6-4-2/h16-19,21-22,25,31H,3-15,20,23-24H2,1-2H3. The third-order valence-electron chi connectivity index (χ3n) is 6.97. The molecule has 2 heterocycles. The van der Waals surface area contributed by atoms with E-state index in [0.717, 1.165) is 42.2 Å². The Kier molecular flexibility index (Phi) is 13.7. The summed E-state index contributed by atoms with van der Waals surface area (Å²) >= 11 is 6.47. The van der Waals surface area contributed by atoms with Crippen molar-refractivity contribution in [1.82, 2.24) is 4.98 Å². The van der Waals surface area contributed by atoms with Crippen LogP contribution in [0.3, 0.4) is 0 Å². The normalized spacial score (nSPS) is 17.9. The van der Waals surface area contributed by atoms with Gasteiger partial charge in [-0.2, -0.15) is 0 Å².